The number of anilines is 1. The van der Waals surface area contributed by atoms with E-state index in [0.717, 1.165) is 33.2 Å². The number of benzene rings is 4. The maximum absolute atomic E-state index is 13.0. The van der Waals surface area contributed by atoms with Crippen molar-refractivity contribution in [1.82, 2.24) is 0 Å². The van der Waals surface area contributed by atoms with E-state index >= 15 is 0 Å². The molecule has 0 atom stereocenters. The predicted octanol–water partition coefficient (Wildman–Crippen LogP) is 6.93. The molecule has 4 aromatic carbocycles. The predicted molar refractivity (Wildman–Crippen MR) is 128 cm³/mol. The van der Waals surface area contributed by atoms with E-state index in [4.69, 9.17) is 6.57 Å². The largest absolute Gasteiger partial charge is 0.317 e. The maximum atomic E-state index is 13.0. The second kappa shape index (κ2) is 8.29. The molecule has 0 aromatic heterocycles. The molecular formula is C27H20N2OS. The highest BCUT2D eigenvalue weighted by Crippen LogP contribution is 2.42. The Labute approximate surface area is 186 Å². The summed E-state index contributed by atoms with van der Waals surface area (Å²) in [6.07, 6.45) is 0.688. The summed E-state index contributed by atoms with van der Waals surface area (Å²) in [4.78, 5) is 20.6. The van der Waals surface area contributed by atoms with Gasteiger partial charge in [0.1, 0.15) is 0 Å². The van der Waals surface area contributed by atoms with Gasteiger partial charge in [0.05, 0.1) is 5.69 Å². The third kappa shape index (κ3) is 3.58. The summed E-state index contributed by atoms with van der Waals surface area (Å²) in [5.74, 6) is 0.0392. The lowest BCUT2D eigenvalue weighted by atomic mass is 9.96. The zero-order chi connectivity index (χ0) is 21.2. The number of hydrogen-bond donors (Lipinski definition) is 0. The first-order chi connectivity index (χ1) is 15.3. The molecule has 1 heterocycles. The number of carbonyl (C=O) groups excluding carboxylic acids is 1. The van der Waals surface area contributed by atoms with Gasteiger partial charge in [0, 0.05) is 33.7 Å². The molecule has 0 saturated heterocycles. The molecule has 0 fully saturated rings. The molecule has 0 spiro atoms. The van der Waals surface area contributed by atoms with Crippen molar-refractivity contribution >= 4 is 34.1 Å². The molecule has 1 amide bonds. The van der Waals surface area contributed by atoms with Crippen LogP contribution < -0.4 is 4.90 Å². The molecule has 4 aromatic rings. The quantitative estimate of drug-likeness (QED) is 0.250. The summed E-state index contributed by atoms with van der Waals surface area (Å²) < 4.78 is 0. The molecule has 0 aliphatic carbocycles. The van der Waals surface area contributed by atoms with Crippen LogP contribution in [0.2, 0.25) is 0 Å². The minimum absolute atomic E-state index is 0.0392. The highest BCUT2D eigenvalue weighted by atomic mass is 32.2. The fraction of sp³-hybridized carbons (Fsp3) is 0.111. The number of nitrogens with zero attached hydrogens (tertiary/aromatic N) is 2. The number of amides is 1. The van der Waals surface area contributed by atoms with E-state index in [1.54, 1.807) is 11.8 Å². The molecule has 5 rings (SSSR count). The topological polar surface area (TPSA) is 24.7 Å². The van der Waals surface area contributed by atoms with Crippen LogP contribution in [0.15, 0.2) is 94.7 Å². The lowest BCUT2D eigenvalue weighted by Gasteiger charge is -2.17. The van der Waals surface area contributed by atoms with Crippen molar-refractivity contribution in [3.63, 3.8) is 0 Å². The summed E-state index contributed by atoms with van der Waals surface area (Å²) in [6.45, 7) is 8.01. The first-order valence-corrected chi connectivity index (χ1v) is 11.1. The number of carbonyl (C=O) groups is 1. The standard InChI is InChI=1S/C27H20N2OS/c1-28-17-6-18-29-25-16-15-22(23-9-5-10-24(26(23)25)27(29)30)19-11-13-21(14-12-19)31-20-7-3-2-4-8-20/h2-5,7-16H,6,17-18H2. The third-order valence-corrected chi connectivity index (χ3v) is 6.60. The van der Waals surface area contributed by atoms with Crippen LogP contribution in [0.25, 0.3) is 26.7 Å². The highest BCUT2D eigenvalue weighted by molar-refractivity contribution is 7.99. The Kier molecular flexibility index (Phi) is 5.19. The van der Waals surface area contributed by atoms with E-state index in [1.807, 2.05) is 23.1 Å². The van der Waals surface area contributed by atoms with Crippen molar-refractivity contribution in [2.75, 3.05) is 18.0 Å². The van der Waals surface area contributed by atoms with Gasteiger partial charge in [-0.3, -0.25) is 4.79 Å². The van der Waals surface area contributed by atoms with Crippen molar-refractivity contribution in [3.8, 4) is 11.1 Å². The van der Waals surface area contributed by atoms with E-state index in [1.165, 1.54) is 9.79 Å². The lowest BCUT2D eigenvalue weighted by Crippen LogP contribution is -2.28. The zero-order valence-electron chi connectivity index (χ0n) is 16.9. The molecule has 0 N–H and O–H groups in total. The van der Waals surface area contributed by atoms with Crippen molar-refractivity contribution in [1.29, 1.82) is 0 Å². The Morgan fingerprint density at radius 3 is 2.35 bits per heavy atom. The molecule has 1 aliphatic heterocycles. The van der Waals surface area contributed by atoms with E-state index < -0.39 is 0 Å². The fourth-order valence-corrected chi connectivity index (χ4v) is 4.99. The molecule has 0 unspecified atom stereocenters. The van der Waals surface area contributed by atoms with Gasteiger partial charge in [-0.25, -0.2) is 6.57 Å². The van der Waals surface area contributed by atoms with Gasteiger partial charge >= 0.3 is 0 Å². The van der Waals surface area contributed by atoms with Gasteiger partial charge in [-0.15, -0.1) is 0 Å². The second-order valence-corrected chi connectivity index (χ2v) is 8.64. The van der Waals surface area contributed by atoms with Gasteiger partial charge < -0.3 is 9.74 Å². The molecule has 3 nitrogen and oxygen atoms in total. The van der Waals surface area contributed by atoms with E-state index in [2.05, 4.69) is 71.6 Å². The Morgan fingerprint density at radius 1 is 0.806 bits per heavy atom. The molecule has 0 bridgehead atoms. The summed E-state index contributed by atoms with van der Waals surface area (Å²) in [6, 6.07) is 29.1. The van der Waals surface area contributed by atoms with Gasteiger partial charge in [0.25, 0.3) is 5.91 Å². The molecule has 1 aliphatic rings. The summed E-state index contributed by atoms with van der Waals surface area (Å²) in [5, 5.41) is 2.12. The molecule has 0 saturated carbocycles. The normalized spacial score (nSPS) is 12.4. The van der Waals surface area contributed by atoms with Crippen LogP contribution in [0.3, 0.4) is 0 Å². The summed E-state index contributed by atoms with van der Waals surface area (Å²) in [7, 11) is 0. The van der Waals surface area contributed by atoms with Crippen LogP contribution in [0, 0.1) is 6.57 Å². The fourth-order valence-electron chi connectivity index (χ4n) is 4.15. The van der Waals surface area contributed by atoms with Crippen molar-refractivity contribution < 1.29 is 4.79 Å². The van der Waals surface area contributed by atoms with E-state index in [0.29, 0.717) is 19.5 Å². The van der Waals surface area contributed by atoms with Crippen LogP contribution in [0.4, 0.5) is 5.69 Å². The van der Waals surface area contributed by atoms with E-state index in [-0.39, 0.29) is 5.91 Å². The molecule has 0 radical (unpaired) electrons. The minimum atomic E-state index is 0.0392. The SMILES string of the molecule is [C-]#[N+]CCCN1C(=O)c2cccc3c(-c4ccc(Sc5ccccc5)cc4)ccc1c23. The van der Waals surface area contributed by atoms with Crippen molar-refractivity contribution in [2.45, 2.75) is 16.2 Å². The Morgan fingerprint density at radius 2 is 1.58 bits per heavy atom. The van der Waals surface area contributed by atoms with Crippen molar-refractivity contribution in [3.05, 3.63) is 102 Å². The van der Waals surface area contributed by atoms with Gasteiger partial charge in [-0.05, 0) is 52.9 Å². The van der Waals surface area contributed by atoms with Crippen LogP contribution >= 0.6 is 11.8 Å². The molecule has 150 valence electrons. The Hall–Kier alpha value is -3.55. The average molecular weight is 421 g/mol. The smallest absolute Gasteiger partial charge is 0.259 e. The van der Waals surface area contributed by atoms with Gasteiger partial charge in [-0.1, -0.05) is 60.3 Å². The monoisotopic (exact) mass is 420 g/mol. The third-order valence-electron chi connectivity index (χ3n) is 5.58. The van der Waals surface area contributed by atoms with Crippen LogP contribution in [-0.4, -0.2) is 19.0 Å². The summed E-state index contributed by atoms with van der Waals surface area (Å²) in [5.41, 5.74) is 3.99. The first-order valence-electron chi connectivity index (χ1n) is 10.3. The highest BCUT2D eigenvalue weighted by Gasteiger charge is 2.30. The van der Waals surface area contributed by atoms with Gasteiger partial charge in [0.15, 0.2) is 0 Å². The van der Waals surface area contributed by atoms with Crippen LogP contribution in [0.1, 0.15) is 16.8 Å². The van der Waals surface area contributed by atoms with Gasteiger partial charge in [0.2, 0.25) is 6.54 Å². The van der Waals surface area contributed by atoms with Crippen LogP contribution in [0.5, 0.6) is 0 Å². The minimum Gasteiger partial charge on any atom is -0.317 e. The van der Waals surface area contributed by atoms with Gasteiger partial charge in [-0.2, -0.15) is 0 Å². The van der Waals surface area contributed by atoms with Crippen molar-refractivity contribution in [2.24, 2.45) is 0 Å². The van der Waals surface area contributed by atoms with E-state index in [9.17, 15) is 4.79 Å². The second-order valence-electron chi connectivity index (χ2n) is 7.49. The average Bonchev–Trinajstić information content (AvgIpc) is 3.09. The number of rotatable bonds is 6. The Bertz CT molecular complexity index is 1310. The maximum Gasteiger partial charge on any atom is 0.259 e. The summed E-state index contributed by atoms with van der Waals surface area (Å²) >= 11 is 1.75. The molecular weight excluding hydrogens is 400 g/mol. The zero-order valence-corrected chi connectivity index (χ0v) is 17.7. The molecule has 31 heavy (non-hydrogen) atoms. The number of hydrogen-bond acceptors (Lipinski definition) is 2. The Balaban J connectivity index is 1.50. The first kappa shape index (κ1) is 19.4. The lowest BCUT2D eigenvalue weighted by molar-refractivity contribution is 0.0993. The molecule has 4 heteroatoms. The van der Waals surface area contributed by atoms with Crippen LogP contribution in [-0.2, 0) is 0 Å².